The van der Waals surface area contributed by atoms with Crippen LogP contribution in [0.3, 0.4) is 0 Å². The second kappa shape index (κ2) is 8.00. The van der Waals surface area contributed by atoms with Crippen molar-refractivity contribution in [2.24, 2.45) is 0 Å². The Morgan fingerprint density at radius 3 is 2.77 bits per heavy atom. The highest BCUT2D eigenvalue weighted by molar-refractivity contribution is 6.31. The van der Waals surface area contributed by atoms with Gasteiger partial charge < -0.3 is 15.2 Å². The lowest BCUT2D eigenvalue weighted by atomic mass is 9.88. The number of nitrogens with zero attached hydrogens (tertiary/aromatic N) is 2. The molecule has 2 N–H and O–H groups in total. The molecule has 2 aromatic heterocycles. The molecule has 0 aliphatic carbocycles. The van der Waals surface area contributed by atoms with Crippen molar-refractivity contribution in [1.82, 2.24) is 20.2 Å². The number of piperidine rings is 1. The number of likely N-dealkylation sites (tertiary alicyclic amines) is 1. The molecule has 4 heterocycles. The van der Waals surface area contributed by atoms with Gasteiger partial charge in [0.2, 0.25) is 5.91 Å². The number of hydrogen-bond acceptors (Lipinski definition) is 3. The topological polar surface area (TPSA) is 61.0 Å². The average Bonchev–Trinajstić information content (AvgIpc) is 3.44. The molecular formula is C23H24ClFN4O. The standard InChI is InChI=1S/C23H24ClFN4O/c24-18-12-15(17-5-9-27-22-21(17)19(25)13-28-22)3-4-16(18)14-6-10-29(11-7-14)23(30)20-2-1-8-26-20/h3-5,9,12-14,20,26H,1-2,6-8,10-11H2,(H,27,28)/t20-/m0/s1. The number of hydrogen-bond donors (Lipinski definition) is 2. The van der Waals surface area contributed by atoms with Gasteiger partial charge in [0.15, 0.2) is 5.82 Å². The van der Waals surface area contributed by atoms with E-state index in [0.717, 1.165) is 62.0 Å². The zero-order valence-corrected chi connectivity index (χ0v) is 17.4. The molecule has 2 aliphatic heterocycles. The van der Waals surface area contributed by atoms with Crippen LogP contribution in [0.15, 0.2) is 36.7 Å². The normalized spacial score (nSPS) is 20.2. The van der Waals surface area contributed by atoms with E-state index >= 15 is 0 Å². The number of nitrogens with one attached hydrogen (secondary N) is 2. The SMILES string of the molecule is O=C([C@@H]1CCCN1)N1CCC(c2ccc(-c3ccnc4[nH]cc(F)c34)cc2Cl)CC1. The third kappa shape index (κ3) is 3.48. The monoisotopic (exact) mass is 426 g/mol. The average molecular weight is 427 g/mol. The van der Waals surface area contributed by atoms with Crippen LogP contribution in [-0.2, 0) is 4.79 Å². The first-order valence-corrected chi connectivity index (χ1v) is 10.9. The second-order valence-electron chi connectivity index (χ2n) is 8.20. The van der Waals surface area contributed by atoms with Crippen LogP contribution in [0.4, 0.5) is 4.39 Å². The van der Waals surface area contributed by atoms with Gasteiger partial charge in [-0.05, 0) is 67.0 Å². The van der Waals surface area contributed by atoms with E-state index in [9.17, 15) is 9.18 Å². The van der Waals surface area contributed by atoms with E-state index in [1.165, 1.54) is 6.20 Å². The molecule has 5 nitrogen and oxygen atoms in total. The molecule has 0 spiro atoms. The van der Waals surface area contributed by atoms with E-state index in [1.54, 1.807) is 6.20 Å². The van der Waals surface area contributed by atoms with Gasteiger partial charge in [-0.15, -0.1) is 0 Å². The van der Waals surface area contributed by atoms with Gasteiger partial charge in [-0.3, -0.25) is 4.79 Å². The van der Waals surface area contributed by atoms with Crippen LogP contribution in [0.2, 0.25) is 5.02 Å². The minimum absolute atomic E-state index is 0.00422. The molecule has 2 fully saturated rings. The number of halogens is 2. The fourth-order valence-corrected chi connectivity index (χ4v) is 5.14. The van der Waals surface area contributed by atoms with Crippen molar-refractivity contribution in [3.63, 3.8) is 0 Å². The van der Waals surface area contributed by atoms with Crippen molar-refractivity contribution < 1.29 is 9.18 Å². The number of carbonyl (C=O) groups is 1. The van der Waals surface area contributed by atoms with Gasteiger partial charge in [0.05, 0.1) is 11.4 Å². The fourth-order valence-electron chi connectivity index (χ4n) is 4.81. The van der Waals surface area contributed by atoms with Crippen LogP contribution >= 0.6 is 11.6 Å². The third-order valence-corrected chi connectivity index (χ3v) is 6.77. The number of fused-ring (bicyclic) bond motifs is 1. The maximum absolute atomic E-state index is 14.2. The van der Waals surface area contributed by atoms with Crippen LogP contribution < -0.4 is 5.32 Å². The number of benzene rings is 1. The molecule has 1 amide bonds. The highest BCUT2D eigenvalue weighted by Gasteiger charge is 2.30. The predicted octanol–water partition coefficient (Wildman–Crippen LogP) is 4.48. The molecule has 5 rings (SSSR count). The Kier molecular flexibility index (Phi) is 5.21. The molecule has 7 heteroatoms. The van der Waals surface area contributed by atoms with E-state index in [1.807, 2.05) is 23.1 Å². The van der Waals surface area contributed by atoms with E-state index in [2.05, 4.69) is 21.4 Å². The maximum Gasteiger partial charge on any atom is 0.239 e. The Bertz CT molecular complexity index is 1080. The second-order valence-corrected chi connectivity index (χ2v) is 8.61. The Labute approximate surface area is 179 Å². The van der Waals surface area contributed by atoms with Gasteiger partial charge in [0, 0.05) is 30.5 Å². The molecule has 0 bridgehead atoms. The zero-order chi connectivity index (χ0) is 20.7. The summed E-state index contributed by atoms with van der Waals surface area (Å²) >= 11 is 6.67. The molecule has 3 aromatic rings. The van der Waals surface area contributed by atoms with Crippen LogP contribution in [-0.4, -0.2) is 46.5 Å². The summed E-state index contributed by atoms with van der Waals surface area (Å²) in [6, 6.07) is 7.77. The van der Waals surface area contributed by atoms with Crippen LogP contribution in [0.5, 0.6) is 0 Å². The number of pyridine rings is 1. The summed E-state index contributed by atoms with van der Waals surface area (Å²) in [5, 5.41) is 4.47. The van der Waals surface area contributed by atoms with Crippen LogP contribution in [0.25, 0.3) is 22.2 Å². The van der Waals surface area contributed by atoms with Crippen molar-refractivity contribution >= 4 is 28.5 Å². The van der Waals surface area contributed by atoms with Gasteiger partial charge in [0.1, 0.15) is 5.65 Å². The molecule has 0 radical (unpaired) electrons. The number of rotatable bonds is 3. The summed E-state index contributed by atoms with van der Waals surface area (Å²) in [5.41, 5.74) is 3.27. The minimum Gasteiger partial charge on any atom is -0.343 e. The first-order chi connectivity index (χ1) is 14.6. The van der Waals surface area contributed by atoms with Crippen molar-refractivity contribution in [2.75, 3.05) is 19.6 Å². The summed E-state index contributed by atoms with van der Waals surface area (Å²) in [5.74, 6) is 0.248. The van der Waals surface area contributed by atoms with Crippen LogP contribution in [0.1, 0.15) is 37.2 Å². The van der Waals surface area contributed by atoms with Gasteiger partial charge in [-0.25, -0.2) is 9.37 Å². The van der Waals surface area contributed by atoms with Crippen molar-refractivity contribution in [2.45, 2.75) is 37.6 Å². The van der Waals surface area contributed by atoms with E-state index in [0.29, 0.717) is 22.0 Å². The number of H-pyrrole nitrogens is 1. The number of aromatic nitrogens is 2. The summed E-state index contributed by atoms with van der Waals surface area (Å²) in [6.07, 6.45) is 6.82. The molecule has 0 saturated carbocycles. The lowest BCUT2D eigenvalue weighted by Gasteiger charge is -2.34. The Morgan fingerprint density at radius 2 is 2.03 bits per heavy atom. The van der Waals surface area contributed by atoms with Gasteiger partial charge >= 0.3 is 0 Å². The van der Waals surface area contributed by atoms with Crippen LogP contribution in [0, 0.1) is 5.82 Å². The largest absolute Gasteiger partial charge is 0.343 e. The molecule has 0 unspecified atom stereocenters. The quantitative estimate of drug-likeness (QED) is 0.649. The third-order valence-electron chi connectivity index (χ3n) is 6.44. The first kappa shape index (κ1) is 19.5. The Hall–Kier alpha value is -2.44. The van der Waals surface area contributed by atoms with Crippen molar-refractivity contribution in [1.29, 1.82) is 0 Å². The predicted molar refractivity (Wildman–Crippen MR) is 116 cm³/mol. The molecule has 30 heavy (non-hydrogen) atoms. The summed E-state index contributed by atoms with van der Waals surface area (Å²) in [6.45, 7) is 2.46. The number of amides is 1. The summed E-state index contributed by atoms with van der Waals surface area (Å²) in [4.78, 5) is 21.7. The molecular weight excluding hydrogens is 403 g/mol. The van der Waals surface area contributed by atoms with E-state index < -0.39 is 0 Å². The maximum atomic E-state index is 14.2. The first-order valence-electron chi connectivity index (χ1n) is 10.6. The lowest BCUT2D eigenvalue weighted by molar-refractivity contribution is -0.134. The van der Waals surface area contributed by atoms with Crippen molar-refractivity contribution in [3.8, 4) is 11.1 Å². The summed E-state index contributed by atoms with van der Waals surface area (Å²) < 4.78 is 14.2. The van der Waals surface area contributed by atoms with Gasteiger partial charge in [0.25, 0.3) is 0 Å². The Morgan fingerprint density at radius 1 is 1.20 bits per heavy atom. The molecule has 1 atom stereocenters. The molecule has 156 valence electrons. The Balaban J connectivity index is 1.33. The highest BCUT2D eigenvalue weighted by atomic mass is 35.5. The molecule has 2 saturated heterocycles. The van der Waals surface area contributed by atoms with E-state index in [4.69, 9.17) is 11.6 Å². The molecule has 1 aromatic carbocycles. The number of aromatic amines is 1. The molecule has 2 aliphatic rings. The van der Waals surface area contributed by atoms with Crippen molar-refractivity contribution in [3.05, 3.63) is 53.1 Å². The smallest absolute Gasteiger partial charge is 0.239 e. The minimum atomic E-state index is -0.318. The van der Waals surface area contributed by atoms with E-state index in [-0.39, 0.29) is 17.8 Å². The zero-order valence-electron chi connectivity index (χ0n) is 16.6. The fraction of sp³-hybridized carbons (Fsp3) is 0.391. The highest BCUT2D eigenvalue weighted by Crippen LogP contribution is 2.37. The van der Waals surface area contributed by atoms with Gasteiger partial charge in [-0.2, -0.15) is 0 Å². The summed E-state index contributed by atoms with van der Waals surface area (Å²) in [7, 11) is 0. The van der Waals surface area contributed by atoms with Gasteiger partial charge in [-0.1, -0.05) is 23.7 Å². The lowest BCUT2D eigenvalue weighted by Crippen LogP contribution is -2.46. The number of carbonyl (C=O) groups excluding carboxylic acids is 1.